The lowest BCUT2D eigenvalue weighted by atomic mass is 9.84. The molecule has 0 saturated carbocycles. The monoisotopic (exact) mass is 406 g/mol. The summed E-state index contributed by atoms with van der Waals surface area (Å²) in [6.45, 7) is 13.6. The molecule has 0 bridgehead atoms. The molecule has 1 saturated heterocycles. The smallest absolute Gasteiger partial charge is 0.319 e. The Kier molecular flexibility index (Phi) is 5.35. The van der Waals surface area contributed by atoms with Crippen LogP contribution in [0.3, 0.4) is 0 Å². The summed E-state index contributed by atoms with van der Waals surface area (Å²) in [7, 11) is 0. The van der Waals surface area contributed by atoms with Crippen molar-refractivity contribution in [3.63, 3.8) is 0 Å². The number of nitrogens with zero attached hydrogens (tertiary/aromatic N) is 1. The van der Waals surface area contributed by atoms with Gasteiger partial charge in [0.1, 0.15) is 5.54 Å². The third-order valence-corrected chi connectivity index (χ3v) is 6.05. The van der Waals surface area contributed by atoms with Gasteiger partial charge in [-0.05, 0) is 67.0 Å². The minimum Gasteiger partial charge on any atom is -0.319 e. The number of hydrogen-bond donors (Lipinski definition) is 1. The normalized spacial score (nSPS) is 19.2. The Morgan fingerprint density at radius 2 is 1.53 bits per heavy atom. The standard InChI is InChI=1S/C25H30N2O3/c1-15-12-17(3)20(13-16(15)2)21(28)14-27-22(29)25(7,26-23(27)30)19-10-8-18(9-11-19)24(4,5)6/h8-13H,14H2,1-7H3,(H,26,30)/t25-/m1/s1. The summed E-state index contributed by atoms with van der Waals surface area (Å²) in [4.78, 5) is 39.7. The number of Topliss-reactive ketones (excluding diaryl/α,β-unsaturated/α-hetero) is 1. The zero-order valence-electron chi connectivity index (χ0n) is 18.8. The lowest BCUT2D eigenvalue weighted by molar-refractivity contribution is -0.130. The quantitative estimate of drug-likeness (QED) is 0.598. The van der Waals surface area contributed by atoms with Gasteiger partial charge in [0.15, 0.2) is 5.78 Å². The predicted molar refractivity (Wildman–Crippen MR) is 118 cm³/mol. The van der Waals surface area contributed by atoms with E-state index >= 15 is 0 Å². The van der Waals surface area contributed by atoms with Gasteiger partial charge >= 0.3 is 6.03 Å². The van der Waals surface area contributed by atoms with Gasteiger partial charge in [0.2, 0.25) is 0 Å². The largest absolute Gasteiger partial charge is 0.325 e. The van der Waals surface area contributed by atoms with Crippen LogP contribution < -0.4 is 5.32 Å². The number of ketones is 1. The van der Waals surface area contributed by atoms with Crippen molar-refractivity contribution in [2.45, 2.75) is 59.4 Å². The fraction of sp³-hybridized carbons (Fsp3) is 0.400. The first-order chi connectivity index (χ1) is 13.8. The second kappa shape index (κ2) is 7.38. The van der Waals surface area contributed by atoms with Gasteiger partial charge < -0.3 is 5.32 Å². The molecule has 5 heteroatoms. The fourth-order valence-electron chi connectivity index (χ4n) is 3.83. The number of benzene rings is 2. The third-order valence-electron chi connectivity index (χ3n) is 6.05. The first kappa shape index (κ1) is 21.8. The van der Waals surface area contributed by atoms with Crippen molar-refractivity contribution in [2.75, 3.05) is 6.54 Å². The molecule has 1 fully saturated rings. The van der Waals surface area contributed by atoms with E-state index in [0.29, 0.717) is 11.1 Å². The van der Waals surface area contributed by atoms with Crippen molar-refractivity contribution in [1.82, 2.24) is 10.2 Å². The van der Waals surface area contributed by atoms with Gasteiger partial charge in [-0.1, -0.05) is 51.1 Å². The average Bonchev–Trinajstić information content (AvgIpc) is 2.88. The highest BCUT2D eigenvalue weighted by Gasteiger charge is 2.49. The van der Waals surface area contributed by atoms with Crippen LogP contribution in [0.2, 0.25) is 0 Å². The number of hydrogen-bond acceptors (Lipinski definition) is 3. The summed E-state index contributed by atoms with van der Waals surface area (Å²) in [5.41, 5.74) is 4.14. The van der Waals surface area contributed by atoms with Gasteiger partial charge in [-0.2, -0.15) is 0 Å². The Hall–Kier alpha value is -2.95. The maximum absolute atomic E-state index is 13.2. The maximum atomic E-state index is 13.2. The molecule has 2 aromatic carbocycles. The van der Waals surface area contributed by atoms with E-state index < -0.39 is 17.5 Å². The van der Waals surface area contributed by atoms with E-state index in [2.05, 4.69) is 26.1 Å². The lowest BCUT2D eigenvalue weighted by Crippen LogP contribution is -2.41. The van der Waals surface area contributed by atoms with Crippen LogP contribution in [-0.4, -0.2) is 29.2 Å². The SMILES string of the molecule is Cc1cc(C)c(C(=O)CN2C(=O)N[C@](C)(c3ccc(C(C)(C)C)cc3)C2=O)cc1C. The van der Waals surface area contributed by atoms with Crippen LogP contribution in [0.1, 0.15) is 65.9 Å². The molecule has 0 unspecified atom stereocenters. The molecule has 1 heterocycles. The lowest BCUT2D eigenvalue weighted by Gasteiger charge is -2.24. The van der Waals surface area contributed by atoms with Crippen molar-refractivity contribution < 1.29 is 14.4 Å². The van der Waals surface area contributed by atoms with Gasteiger partial charge in [0, 0.05) is 5.56 Å². The molecule has 0 radical (unpaired) electrons. The van der Waals surface area contributed by atoms with Crippen LogP contribution in [0.15, 0.2) is 36.4 Å². The first-order valence-electron chi connectivity index (χ1n) is 10.2. The number of urea groups is 1. The molecule has 1 atom stereocenters. The Balaban J connectivity index is 1.86. The topological polar surface area (TPSA) is 66.5 Å². The Labute approximate surface area is 178 Å². The highest BCUT2D eigenvalue weighted by molar-refractivity contribution is 6.11. The Morgan fingerprint density at radius 1 is 0.967 bits per heavy atom. The summed E-state index contributed by atoms with van der Waals surface area (Å²) in [6, 6.07) is 10.9. The summed E-state index contributed by atoms with van der Waals surface area (Å²) in [5, 5.41) is 2.78. The molecule has 1 aliphatic heterocycles. The third kappa shape index (κ3) is 3.76. The van der Waals surface area contributed by atoms with E-state index in [1.807, 2.05) is 57.2 Å². The van der Waals surface area contributed by atoms with Gasteiger partial charge in [0.05, 0.1) is 6.54 Å². The van der Waals surface area contributed by atoms with Crippen LogP contribution in [0.4, 0.5) is 4.79 Å². The number of aryl methyl sites for hydroxylation is 3. The second-order valence-electron chi connectivity index (χ2n) is 9.45. The van der Waals surface area contributed by atoms with E-state index in [4.69, 9.17) is 0 Å². The number of nitrogens with one attached hydrogen (secondary N) is 1. The van der Waals surface area contributed by atoms with Gasteiger partial charge in [-0.25, -0.2) is 4.79 Å². The van der Waals surface area contributed by atoms with E-state index in [1.54, 1.807) is 6.92 Å². The molecule has 2 aromatic rings. The van der Waals surface area contributed by atoms with E-state index in [1.165, 1.54) is 0 Å². The molecular weight excluding hydrogens is 376 g/mol. The van der Waals surface area contributed by atoms with E-state index in [0.717, 1.165) is 27.2 Å². The van der Waals surface area contributed by atoms with Crippen LogP contribution in [0, 0.1) is 20.8 Å². The highest BCUT2D eigenvalue weighted by atomic mass is 16.2. The second-order valence-corrected chi connectivity index (χ2v) is 9.45. The number of imide groups is 1. The number of carbonyl (C=O) groups excluding carboxylic acids is 3. The molecule has 158 valence electrons. The summed E-state index contributed by atoms with van der Waals surface area (Å²) in [6.07, 6.45) is 0. The van der Waals surface area contributed by atoms with Crippen LogP contribution >= 0.6 is 0 Å². The van der Waals surface area contributed by atoms with Crippen molar-refractivity contribution >= 4 is 17.7 Å². The van der Waals surface area contributed by atoms with Gasteiger partial charge in [-0.15, -0.1) is 0 Å². The summed E-state index contributed by atoms with van der Waals surface area (Å²) in [5.74, 6) is -0.655. The molecule has 3 amide bonds. The molecule has 0 aromatic heterocycles. The molecule has 3 rings (SSSR count). The molecule has 0 aliphatic carbocycles. The molecule has 1 N–H and O–H groups in total. The minimum atomic E-state index is -1.19. The molecule has 5 nitrogen and oxygen atoms in total. The van der Waals surface area contributed by atoms with Crippen molar-refractivity contribution in [1.29, 1.82) is 0 Å². The summed E-state index contributed by atoms with van der Waals surface area (Å²) < 4.78 is 0. The predicted octanol–water partition coefficient (Wildman–Crippen LogP) is 4.56. The first-order valence-corrected chi connectivity index (χ1v) is 10.2. The van der Waals surface area contributed by atoms with E-state index in [9.17, 15) is 14.4 Å². The molecule has 30 heavy (non-hydrogen) atoms. The van der Waals surface area contributed by atoms with Crippen molar-refractivity contribution in [3.8, 4) is 0 Å². The van der Waals surface area contributed by atoms with Crippen molar-refractivity contribution in [2.24, 2.45) is 0 Å². The maximum Gasteiger partial charge on any atom is 0.325 e. The molecule has 0 spiro atoms. The highest BCUT2D eigenvalue weighted by Crippen LogP contribution is 2.31. The Bertz CT molecular complexity index is 1030. The van der Waals surface area contributed by atoms with Gasteiger partial charge in [0.25, 0.3) is 5.91 Å². The van der Waals surface area contributed by atoms with Crippen LogP contribution in [0.5, 0.6) is 0 Å². The number of amides is 3. The van der Waals surface area contributed by atoms with Gasteiger partial charge in [-0.3, -0.25) is 14.5 Å². The molecule has 1 aliphatic rings. The van der Waals surface area contributed by atoms with Crippen LogP contribution in [0.25, 0.3) is 0 Å². The van der Waals surface area contributed by atoms with Crippen molar-refractivity contribution in [3.05, 3.63) is 69.8 Å². The van der Waals surface area contributed by atoms with Crippen LogP contribution in [-0.2, 0) is 15.7 Å². The zero-order chi connectivity index (χ0) is 22.4. The fourth-order valence-corrected chi connectivity index (χ4v) is 3.83. The Morgan fingerprint density at radius 3 is 2.10 bits per heavy atom. The number of carbonyl (C=O) groups is 3. The molecular formula is C25H30N2O3. The zero-order valence-corrected chi connectivity index (χ0v) is 18.8. The minimum absolute atomic E-state index is 0.00908. The van der Waals surface area contributed by atoms with E-state index in [-0.39, 0.29) is 17.7 Å². The summed E-state index contributed by atoms with van der Waals surface area (Å²) >= 11 is 0. The number of rotatable bonds is 4. The average molecular weight is 407 g/mol.